The number of hydrogen-bond donors (Lipinski definition) is 1. The lowest BCUT2D eigenvalue weighted by Crippen LogP contribution is -2.04. The van der Waals surface area contributed by atoms with Gasteiger partial charge in [0.15, 0.2) is 0 Å². The molecular weight excluding hydrogens is 172 g/mol. The second kappa shape index (κ2) is 5.22. The Balaban J connectivity index is 2.39. The van der Waals surface area contributed by atoms with Crippen molar-refractivity contribution < 1.29 is 5.11 Å². The summed E-state index contributed by atoms with van der Waals surface area (Å²) in [6, 6.07) is 0. The first kappa shape index (κ1) is 9.61. The molecule has 1 N–H and O–H groups in total. The van der Waals surface area contributed by atoms with Crippen LogP contribution in [0.5, 0.6) is 0 Å². The molecule has 0 aliphatic rings. The van der Waals surface area contributed by atoms with Gasteiger partial charge >= 0.3 is 0 Å². The molecule has 1 aromatic rings. The third kappa shape index (κ3) is 2.53. The van der Waals surface area contributed by atoms with E-state index >= 15 is 0 Å². The van der Waals surface area contributed by atoms with Gasteiger partial charge in [0.05, 0.1) is 0 Å². The van der Waals surface area contributed by atoms with Crippen LogP contribution < -0.4 is 0 Å². The fourth-order valence-electron chi connectivity index (χ4n) is 1.00. The van der Waals surface area contributed by atoms with E-state index in [-0.39, 0.29) is 6.61 Å². The smallest absolute Gasteiger partial charge is 0.134 e. The third-order valence-electron chi connectivity index (χ3n) is 1.62. The van der Waals surface area contributed by atoms with Gasteiger partial charge in [-0.3, -0.25) is 0 Å². The second-order valence-electron chi connectivity index (χ2n) is 2.39. The quantitative estimate of drug-likeness (QED) is 0.700. The number of thioether (sulfide) groups is 1. The van der Waals surface area contributed by atoms with Crippen LogP contribution in [0, 0.1) is 0 Å². The molecule has 0 radical (unpaired) electrons. The first-order valence-corrected chi connectivity index (χ1v) is 5.22. The van der Waals surface area contributed by atoms with Crippen LogP contribution in [0.3, 0.4) is 0 Å². The van der Waals surface area contributed by atoms with E-state index in [1.807, 2.05) is 22.5 Å². The number of rotatable bonds is 5. The van der Waals surface area contributed by atoms with Gasteiger partial charge in [0.25, 0.3) is 0 Å². The van der Waals surface area contributed by atoms with Crippen molar-refractivity contribution >= 4 is 11.8 Å². The number of aliphatic hydroxyl groups is 1. The molecule has 0 saturated heterocycles. The van der Waals surface area contributed by atoms with E-state index in [0.29, 0.717) is 0 Å². The highest BCUT2D eigenvalue weighted by Gasteiger charge is 1.98. The monoisotopic (exact) mass is 186 g/mol. The first-order chi connectivity index (χ1) is 5.88. The molecule has 68 valence electrons. The Morgan fingerprint density at radius 2 is 2.50 bits per heavy atom. The molecule has 0 aliphatic carbocycles. The number of aliphatic hydroxyl groups excluding tert-OH is 1. The number of hydrogen-bond acceptors (Lipinski definition) is 3. The van der Waals surface area contributed by atoms with E-state index in [1.165, 1.54) is 0 Å². The maximum absolute atomic E-state index is 8.87. The molecule has 0 fully saturated rings. The summed E-state index contributed by atoms with van der Waals surface area (Å²) in [5, 5.41) is 8.87. The van der Waals surface area contributed by atoms with Crippen molar-refractivity contribution in [1.29, 1.82) is 0 Å². The van der Waals surface area contributed by atoms with E-state index in [1.54, 1.807) is 6.20 Å². The zero-order valence-electron chi connectivity index (χ0n) is 7.23. The minimum Gasteiger partial charge on any atom is -0.388 e. The SMILES string of the molecule is CCSCCn1ccnc1CO. The molecule has 0 saturated carbocycles. The lowest BCUT2D eigenvalue weighted by Gasteiger charge is -2.04. The Bertz CT molecular complexity index is 225. The van der Waals surface area contributed by atoms with Crippen LogP contribution in [0.4, 0.5) is 0 Å². The summed E-state index contributed by atoms with van der Waals surface area (Å²) >= 11 is 1.90. The van der Waals surface area contributed by atoms with Gasteiger partial charge in [0, 0.05) is 24.7 Å². The van der Waals surface area contributed by atoms with Crippen molar-refractivity contribution in [2.45, 2.75) is 20.1 Å². The Hall–Kier alpha value is -0.480. The van der Waals surface area contributed by atoms with Crippen LogP contribution in [0.2, 0.25) is 0 Å². The summed E-state index contributed by atoms with van der Waals surface area (Å²) in [5.74, 6) is 2.98. The van der Waals surface area contributed by atoms with Gasteiger partial charge in [0.2, 0.25) is 0 Å². The summed E-state index contributed by atoms with van der Waals surface area (Å²) in [7, 11) is 0. The number of aryl methyl sites for hydroxylation is 1. The Kier molecular flexibility index (Phi) is 4.18. The zero-order chi connectivity index (χ0) is 8.81. The number of nitrogens with zero attached hydrogens (tertiary/aromatic N) is 2. The van der Waals surface area contributed by atoms with Crippen molar-refractivity contribution in [3.63, 3.8) is 0 Å². The first-order valence-electron chi connectivity index (χ1n) is 4.07. The lowest BCUT2D eigenvalue weighted by molar-refractivity contribution is 0.266. The maximum Gasteiger partial charge on any atom is 0.134 e. The highest BCUT2D eigenvalue weighted by Crippen LogP contribution is 2.03. The Morgan fingerprint density at radius 3 is 3.17 bits per heavy atom. The minimum atomic E-state index is 0.0315. The van der Waals surface area contributed by atoms with E-state index in [9.17, 15) is 0 Å². The fourth-order valence-corrected chi connectivity index (χ4v) is 1.62. The summed E-state index contributed by atoms with van der Waals surface area (Å²) in [4.78, 5) is 4.02. The molecule has 0 aliphatic heterocycles. The van der Waals surface area contributed by atoms with Gasteiger partial charge in [-0.2, -0.15) is 11.8 Å². The Labute approximate surface area is 76.8 Å². The van der Waals surface area contributed by atoms with Crippen LogP contribution in [0.15, 0.2) is 12.4 Å². The van der Waals surface area contributed by atoms with Gasteiger partial charge in [-0.15, -0.1) is 0 Å². The topological polar surface area (TPSA) is 38.0 Å². The van der Waals surface area contributed by atoms with Gasteiger partial charge < -0.3 is 9.67 Å². The molecule has 0 atom stereocenters. The lowest BCUT2D eigenvalue weighted by atomic mass is 10.6. The van der Waals surface area contributed by atoms with Crippen molar-refractivity contribution in [1.82, 2.24) is 9.55 Å². The predicted octanol–water partition coefficient (Wildman–Crippen LogP) is 1.13. The molecule has 3 nitrogen and oxygen atoms in total. The predicted molar refractivity (Wildman–Crippen MR) is 51.1 cm³/mol. The van der Waals surface area contributed by atoms with Gasteiger partial charge in [-0.05, 0) is 5.75 Å². The standard InChI is InChI=1S/C8H14N2OS/c1-2-12-6-5-10-4-3-9-8(10)7-11/h3-4,11H,2,5-7H2,1H3. The van der Waals surface area contributed by atoms with Crippen LogP contribution in [-0.4, -0.2) is 26.2 Å². The summed E-state index contributed by atoms with van der Waals surface area (Å²) in [6.45, 7) is 3.11. The van der Waals surface area contributed by atoms with Gasteiger partial charge in [0.1, 0.15) is 12.4 Å². The molecule has 4 heteroatoms. The Morgan fingerprint density at radius 1 is 1.67 bits per heavy atom. The summed E-state index contributed by atoms with van der Waals surface area (Å²) in [6.07, 6.45) is 3.63. The zero-order valence-corrected chi connectivity index (χ0v) is 8.05. The van der Waals surface area contributed by atoms with Crippen LogP contribution >= 0.6 is 11.8 Å². The highest BCUT2D eigenvalue weighted by molar-refractivity contribution is 7.99. The van der Waals surface area contributed by atoms with Crippen LogP contribution in [0.1, 0.15) is 12.7 Å². The molecule has 1 aromatic heterocycles. The molecule has 0 aromatic carbocycles. The number of imidazole rings is 1. The van der Waals surface area contributed by atoms with E-state index in [2.05, 4.69) is 11.9 Å². The van der Waals surface area contributed by atoms with E-state index in [4.69, 9.17) is 5.11 Å². The second-order valence-corrected chi connectivity index (χ2v) is 3.79. The molecule has 12 heavy (non-hydrogen) atoms. The van der Waals surface area contributed by atoms with Crippen molar-refractivity contribution in [2.24, 2.45) is 0 Å². The number of aromatic nitrogens is 2. The average molecular weight is 186 g/mol. The van der Waals surface area contributed by atoms with Crippen LogP contribution in [-0.2, 0) is 13.2 Å². The molecule has 0 spiro atoms. The highest BCUT2D eigenvalue weighted by atomic mass is 32.2. The van der Waals surface area contributed by atoms with Crippen molar-refractivity contribution in [3.05, 3.63) is 18.2 Å². The van der Waals surface area contributed by atoms with Crippen molar-refractivity contribution in [2.75, 3.05) is 11.5 Å². The van der Waals surface area contributed by atoms with E-state index in [0.717, 1.165) is 23.9 Å². The summed E-state index contributed by atoms with van der Waals surface area (Å²) < 4.78 is 1.99. The normalized spacial score (nSPS) is 10.5. The molecule has 1 rings (SSSR count). The maximum atomic E-state index is 8.87. The summed E-state index contributed by atoms with van der Waals surface area (Å²) in [5.41, 5.74) is 0. The van der Waals surface area contributed by atoms with Gasteiger partial charge in [-0.25, -0.2) is 4.98 Å². The molecular formula is C8H14N2OS. The third-order valence-corrected chi connectivity index (χ3v) is 2.50. The average Bonchev–Trinajstić information content (AvgIpc) is 2.52. The van der Waals surface area contributed by atoms with Crippen LogP contribution in [0.25, 0.3) is 0 Å². The minimum absolute atomic E-state index is 0.0315. The molecule has 0 amide bonds. The van der Waals surface area contributed by atoms with Crippen molar-refractivity contribution in [3.8, 4) is 0 Å². The molecule has 1 heterocycles. The van der Waals surface area contributed by atoms with E-state index < -0.39 is 0 Å². The van der Waals surface area contributed by atoms with Gasteiger partial charge in [-0.1, -0.05) is 6.92 Å². The fraction of sp³-hybridized carbons (Fsp3) is 0.625. The largest absolute Gasteiger partial charge is 0.388 e. The molecule has 0 bridgehead atoms. The molecule has 0 unspecified atom stereocenters.